The molecule has 0 spiro atoms. The smallest absolute Gasteiger partial charge is 0.414 e. The third kappa shape index (κ3) is 4.94. The normalized spacial score (nSPS) is 15.8. The van der Waals surface area contributed by atoms with Crippen LogP contribution in [0.5, 0.6) is 12.0 Å². The van der Waals surface area contributed by atoms with Crippen molar-refractivity contribution in [2.45, 2.75) is 6.10 Å². The fraction of sp³-hybridized carbons (Fsp3) is 0.333. The summed E-state index contributed by atoms with van der Waals surface area (Å²) in [4.78, 5) is 24.9. The van der Waals surface area contributed by atoms with Crippen LogP contribution in [-0.2, 0) is 4.74 Å². The number of rotatable bonds is 6. The van der Waals surface area contributed by atoms with Gasteiger partial charge in [-0.1, -0.05) is 0 Å². The minimum atomic E-state index is -0.622. The molecule has 12 heteroatoms. The Morgan fingerprint density at radius 1 is 1.30 bits per heavy atom. The minimum Gasteiger partial charge on any atom is -0.674 e. The number of amides is 1. The average molecular weight is 590 g/mol. The summed E-state index contributed by atoms with van der Waals surface area (Å²) in [5.41, 5.74) is 7.71. The van der Waals surface area contributed by atoms with Crippen LogP contribution < -0.4 is 19.7 Å². The molecule has 0 aliphatic carbocycles. The second kappa shape index (κ2) is 9.43. The van der Waals surface area contributed by atoms with Gasteiger partial charge in [0.15, 0.2) is 0 Å². The number of hydrogen-bond donors (Lipinski definition) is 1. The quantitative estimate of drug-likeness (QED) is 0.544. The molecule has 0 saturated carbocycles. The number of methoxy groups -OCH3 is 2. The largest absolute Gasteiger partial charge is 0.674 e. The van der Waals surface area contributed by atoms with E-state index in [1.165, 1.54) is 31.3 Å². The molecule has 10 nitrogen and oxygen atoms in total. The van der Waals surface area contributed by atoms with E-state index in [1.54, 1.807) is 6.07 Å². The van der Waals surface area contributed by atoms with E-state index >= 15 is 0 Å². The van der Waals surface area contributed by atoms with Crippen LogP contribution in [-0.4, -0.2) is 54.5 Å². The van der Waals surface area contributed by atoms with Crippen LogP contribution >= 0.6 is 0 Å². The van der Waals surface area contributed by atoms with E-state index in [-0.39, 0.29) is 80.8 Å². The van der Waals surface area contributed by atoms with Crippen molar-refractivity contribution in [3.05, 3.63) is 29.7 Å². The number of nitrogens with one attached hydrogen (secondary N) is 2. The number of nitrogens with zero attached hydrogens (tertiary/aromatic N) is 4. The molecule has 1 aromatic carbocycles. The van der Waals surface area contributed by atoms with Crippen molar-refractivity contribution in [1.82, 2.24) is 15.0 Å². The van der Waals surface area contributed by atoms with Crippen molar-refractivity contribution >= 4 is 23.4 Å². The van der Waals surface area contributed by atoms with Crippen LogP contribution in [0.1, 0.15) is 0 Å². The number of carbonyl (C=O) groups excluding carboxylic acids is 1. The maximum atomic E-state index is 14.4. The molecule has 1 atom stereocenters. The molecule has 1 aliphatic rings. The first-order chi connectivity index (χ1) is 12.5. The van der Waals surface area contributed by atoms with Crippen molar-refractivity contribution in [1.29, 1.82) is 0 Å². The van der Waals surface area contributed by atoms with E-state index in [2.05, 4.69) is 20.3 Å². The van der Waals surface area contributed by atoms with E-state index in [9.17, 15) is 9.18 Å². The van der Waals surface area contributed by atoms with Gasteiger partial charge >= 0.3 is 18.1 Å². The van der Waals surface area contributed by atoms with Crippen molar-refractivity contribution < 1.29 is 67.5 Å². The fourth-order valence-electron chi connectivity index (χ4n) is 2.31. The second-order valence-electron chi connectivity index (χ2n) is 5.24. The Balaban J connectivity index is 0.00000261. The number of ether oxygens (including phenoxy) is 3. The fourth-order valence-corrected chi connectivity index (χ4v) is 2.31. The molecule has 1 fully saturated rings. The van der Waals surface area contributed by atoms with Gasteiger partial charge in [-0.3, -0.25) is 4.90 Å². The number of halogens is 1. The summed E-state index contributed by atoms with van der Waals surface area (Å²) in [5, 5.41) is 2.71. The Kier molecular flexibility index (Phi) is 7.52. The van der Waals surface area contributed by atoms with E-state index < -0.39 is 18.0 Å². The molecule has 141 valence electrons. The molecule has 2 N–H and O–H groups in total. The van der Waals surface area contributed by atoms with Crippen molar-refractivity contribution in [2.75, 3.05) is 37.5 Å². The molecule has 3 rings (SSSR count). The number of carbonyl (C=O) groups is 1. The van der Waals surface area contributed by atoms with Gasteiger partial charge in [0.2, 0.25) is 5.95 Å². The Bertz CT molecular complexity index is 805. The topological polar surface area (TPSA) is 123 Å². The van der Waals surface area contributed by atoms with Crippen molar-refractivity contribution in [3.8, 4) is 12.0 Å². The number of aromatic nitrogens is 3. The molecule has 2 aromatic rings. The number of anilines is 3. The van der Waals surface area contributed by atoms with Gasteiger partial charge in [-0.15, -0.1) is 11.5 Å². The van der Waals surface area contributed by atoms with Crippen LogP contribution in [0, 0.1) is 49.9 Å². The van der Waals surface area contributed by atoms with E-state index in [0.29, 0.717) is 5.69 Å². The van der Waals surface area contributed by atoms with Gasteiger partial charge < -0.3 is 25.3 Å². The van der Waals surface area contributed by atoms with Crippen molar-refractivity contribution in [2.24, 2.45) is 0 Å². The molecule has 0 bridgehead atoms. The monoisotopic (exact) mass is 590 g/mol. The van der Waals surface area contributed by atoms with Gasteiger partial charge in [0.05, 0.1) is 32.1 Å². The van der Waals surface area contributed by atoms with Gasteiger partial charge in [-0.25, -0.2) is 9.18 Å². The van der Waals surface area contributed by atoms with Gasteiger partial charge in [-0.05, 0) is 18.2 Å². The predicted octanol–water partition coefficient (Wildman–Crippen LogP) is 2.15. The summed E-state index contributed by atoms with van der Waals surface area (Å²) in [7, 11) is 2.76. The molecule has 1 radical (unpaired) electrons. The Hall–Kier alpha value is -1.77. The van der Waals surface area contributed by atoms with Crippen LogP contribution in [0.25, 0.3) is 5.73 Å². The van der Waals surface area contributed by atoms with E-state index in [0.717, 1.165) is 0 Å². The molecule has 1 aliphatic heterocycles. The zero-order valence-electron chi connectivity index (χ0n) is 14.6. The van der Waals surface area contributed by atoms with Crippen LogP contribution in [0.2, 0.25) is 0 Å². The van der Waals surface area contributed by atoms with Gasteiger partial charge in [-0.2, -0.15) is 9.97 Å². The summed E-state index contributed by atoms with van der Waals surface area (Å²) < 4.78 is 29.3. The van der Waals surface area contributed by atoms with Crippen LogP contribution in [0.3, 0.4) is 0 Å². The summed E-state index contributed by atoms with van der Waals surface area (Å²) >= 11 is 0. The second-order valence-corrected chi connectivity index (χ2v) is 5.24. The SMILES string of the molecule is COc1nc(Nc2ccc(N3C[C@H](C[NH-])OC3=O)cc2F)nc(OC)n1.[Ac]. The van der Waals surface area contributed by atoms with Crippen molar-refractivity contribution in [3.63, 3.8) is 0 Å². The first-order valence-corrected chi connectivity index (χ1v) is 7.57. The Labute approximate surface area is 190 Å². The van der Waals surface area contributed by atoms with E-state index in [4.69, 9.17) is 19.9 Å². The minimum absolute atomic E-state index is 0. The molecule has 27 heavy (non-hydrogen) atoms. The summed E-state index contributed by atoms with van der Waals surface area (Å²) in [5.74, 6) is -0.585. The molecule has 2 heterocycles. The van der Waals surface area contributed by atoms with Crippen LogP contribution in [0.15, 0.2) is 18.2 Å². The molecule has 0 unspecified atom stereocenters. The molecular formula is C15H16AcFN6O4-. The van der Waals surface area contributed by atoms with Crippen LogP contribution in [0.4, 0.5) is 26.5 Å². The van der Waals surface area contributed by atoms with E-state index in [1.807, 2.05) is 0 Å². The zero-order valence-corrected chi connectivity index (χ0v) is 19.3. The molecule has 1 saturated heterocycles. The first-order valence-electron chi connectivity index (χ1n) is 7.57. The Morgan fingerprint density at radius 3 is 2.48 bits per heavy atom. The maximum Gasteiger partial charge on any atom is 0.414 e. The summed E-state index contributed by atoms with van der Waals surface area (Å²) in [6.07, 6.45) is -1.12. The molecule has 1 amide bonds. The third-order valence-corrected chi connectivity index (χ3v) is 3.57. The zero-order chi connectivity index (χ0) is 18.7. The predicted molar refractivity (Wildman–Crippen MR) is 89.4 cm³/mol. The molecule has 1 aromatic heterocycles. The van der Waals surface area contributed by atoms with Gasteiger partial charge in [0.25, 0.3) is 0 Å². The third-order valence-electron chi connectivity index (χ3n) is 3.57. The number of cyclic esters (lactones) is 1. The first kappa shape index (κ1) is 21.5. The number of benzene rings is 1. The van der Waals surface area contributed by atoms with Gasteiger partial charge in [0.1, 0.15) is 11.9 Å². The molecular weight excluding hydrogens is 574 g/mol. The summed E-state index contributed by atoms with van der Waals surface area (Å²) in [6, 6.07) is 4.20. The standard InChI is InChI=1S/C15H16FN6O4.Ac/c1-24-13-19-12(20-14(21-13)25-2)18-11-4-3-8(5-10(11)16)22-7-9(6-17)26-15(22)23;/h3-5,9,17H,6-7H2,1-2H3,(H,18,19,20,21);/q-1;/t9-;/m0./s1. The average Bonchev–Trinajstić information content (AvgIpc) is 3.04. The number of hydrogen-bond acceptors (Lipinski definition) is 8. The van der Waals surface area contributed by atoms with Gasteiger partial charge in [0, 0.05) is 44.1 Å². The maximum absolute atomic E-state index is 14.4. The summed E-state index contributed by atoms with van der Waals surface area (Å²) in [6.45, 7) is 0.157. The Morgan fingerprint density at radius 2 is 1.96 bits per heavy atom.